The number of nitrogens with zero attached hydrogens (tertiary/aromatic N) is 3. The molecule has 7 nitrogen and oxygen atoms in total. The first kappa shape index (κ1) is 15.6. The first-order valence-electron chi connectivity index (χ1n) is 8.11. The molecule has 1 aliphatic carbocycles. The summed E-state index contributed by atoms with van der Waals surface area (Å²) >= 11 is 0. The molecule has 2 heterocycles. The fourth-order valence-electron chi connectivity index (χ4n) is 2.59. The maximum atomic E-state index is 12.7. The predicted molar refractivity (Wildman–Crippen MR) is 85.4 cm³/mol. The number of rotatable bonds is 4. The smallest absolute Gasteiger partial charge is 0.409 e. The van der Waals surface area contributed by atoms with Crippen molar-refractivity contribution in [1.82, 2.24) is 14.8 Å². The third kappa shape index (κ3) is 3.72. The van der Waals surface area contributed by atoms with Crippen LogP contribution in [0.15, 0.2) is 18.3 Å². The van der Waals surface area contributed by atoms with Gasteiger partial charge < -0.3 is 19.9 Å². The van der Waals surface area contributed by atoms with Gasteiger partial charge in [0.15, 0.2) is 0 Å². The van der Waals surface area contributed by atoms with Gasteiger partial charge in [0.1, 0.15) is 5.82 Å². The summed E-state index contributed by atoms with van der Waals surface area (Å²) in [6.45, 7) is 4.16. The minimum Gasteiger partial charge on any atom is -0.450 e. The van der Waals surface area contributed by atoms with Crippen LogP contribution in [0.2, 0.25) is 0 Å². The number of piperazine rings is 1. The Kier molecular flexibility index (Phi) is 4.64. The zero-order valence-corrected chi connectivity index (χ0v) is 13.3. The summed E-state index contributed by atoms with van der Waals surface area (Å²) < 4.78 is 5.00. The fraction of sp³-hybridized carbons (Fsp3) is 0.562. The van der Waals surface area contributed by atoms with Gasteiger partial charge in [-0.3, -0.25) is 4.79 Å². The minimum absolute atomic E-state index is 0.0373. The molecule has 1 aromatic rings. The van der Waals surface area contributed by atoms with E-state index in [1.165, 1.54) is 0 Å². The van der Waals surface area contributed by atoms with Gasteiger partial charge in [0, 0.05) is 38.4 Å². The molecule has 0 bridgehead atoms. The topological polar surface area (TPSA) is 74.8 Å². The molecule has 1 aromatic heterocycles. The van der Waals surface area contributed by atoms with E-state index in [0.717, 1.165) is 12.8 Å². The van der Waals surface area contributed by atoms with Gasteiger partial charge in [-0.1, -0.05) is 0 Å². The number of ether oxygens (including phenoxy) is 1. The Morgan fingerprint density at radius 3 is 2.61 bits per heavy atom. The average molecular weight is 318 g/mol. The second-order valence-corrected chi connectivity index (χ2v) is 5.80. The van der Waals surface area contributed by atoms with E-state index in [-0.39, 0.29) is 12.0 Å². The van der Waals surface area contributed by atoms with E-state index in [9.17, 15) is 9.59 Å². The maximum absolute atomic E-state index is 12.7. The van der Waals surface area contributed by atoms with Crippen LogP contribution in [0, 0.1) is 0 Å². The van der Waals surface area contributed by atoms with E-state index in [1.54, 1.807) is 35.1 Å². The summed E-state index contributed by atoms with van der Waals surface area (Å²) in [5.41, 5.74) is 0.601. The summed E-state index contributed by atoms with van der Waals surface area (Å²) in [7, 11) is 0. The monoisotopic (exact) mass is 318 g/mol. The number of carbonyl (C=O) groups is 2. The first-order valence-corrected chi connectivity index (χ1v) is 8.11. The van der Waals surface area contributed by atoms with Gasteiger partial charge in [-0.15, -0.1) is 0 Å². The third-order valence-electron chi connectivity index (χ3n) is 4.05. The van der Waals surface area contributed by atoms with Crippen LogP contribution < -0.4 is 5.32 Å². The number of nitrogens with one attached hydrogen (secondary N) is 1. The highest BCUT2D eigenvalue weighted by atomic mass is 16.6. The molecular weight excluding hydrogens is 296 g/mol. The van der Waals surface area contributed by atoms with Crippen molar-refractivity contribution in [1.29, 1.82) is 0 Å². The van der Waals surface area contributed by atoms with Crippen molar-refractivity contribution in [3.05, 3.63) is 23.9 Å². The molecule has 2 aliphatic rings. The normalized spacial score (nSPS) is 17.8. The average Bonchev–Trinajstić information content (AvgIpc) is 3.39. The lowest BCUT2D eigenvalue weighted by molar-refractivity contribution is 0.0571. The van der Waals surface area contributed by atoms with Crippen LogP contribution in [0.4, 0.5) is 10.6 Å². The highest BCUT2D eigenvalue weighted by molar-refractivity contribution is 5.98. The number of anilines is 1. The van der Waals surface area contributed by atoms with Crippen LogP contribution in [0.3, 0.4) is 0 Å². The van der Waals surface area contributed by atoms with E-state index in [2.05, 4.69) is 10.3 Å². The van der Waals surface area contributed by atoms with Gasteiger partial charge in [-0.05, 0) is 31.9 Å². The lowest BCUT2D eigenvalue weighted by atomic mass is 10.2. The zero-order valence-electron chi connectivity index (χ0n) is 13.3. The van der Waals surface area contributed by atoms with Crippen LogP contribution in [0.25, 0.3) is 0 Å². The first-order chi connectivity index (χ1) is 11.2. The van der Waals surface area contributed by atoms with Crippen molar-refractivity contribution < 1.29 is 14.3 Å². The summed E-state index contributed by atoms with van der Waals surface area (Å²) in [6, 6.07) is 4.02. The van der Waals surface area contributed by atoms with Gasteiger partial charge in [0.05, 0.1) is 12.2 Å². The molecule has 0 spiro atoms. The lowest BCUT2D eigenvalue weighted by Crippen LogP contribution is -2.50. The standard InChI is InChI=1S/C16H22N4O3/c1-2-23-16(22)20-10-8-19(9-11-20)15(21)13-4-3-7-17-14(13)18-12-5-6-12/h3-4,7,12H,2,5-6,8-11H2,1H3,(H,17,18). The van der Waals surface area contributed by atoms with E-state index < -0.39 is 0 Å². The van der Waals surface area contributed by atoms with Crippen molar-refractivity contribution in [2.45, 2.75) is 25.8 Å². The molecule has 3 rings (SSSR count). The van der Waals surface area contributed by atoms with E-state index >= 15 is 0 Å². The molecule has 0 radical (unpaired) electrons. The molecule has 1 saturated heterocycles. The van der Waals surface area contributed by atoms with Crippen molar-refractivity contribution in [2.24, 2.45) is 0 Å². The molecule has 1 saturated carbocycles. The minimum atomic E-state index is -0.308. The van der Waals surface area contributed by atoms with Gasteiger partial charge in [-0.25, -0.2) is 9.78 Å². The van der Waals surface area contributed by atoms with E-state index in [4.69, 9.17) is 4.74 Å². The van der Waals surface area contributed by atoms with Crippen molar-refractivity contribution in [2.75, 3.05) is 38.1 Å². The van der Waals surface area contributed by atoms with Gasteiger partial charge >= 0.3 is 6.09 Å². The second kappa shape index (κ2) is 6.85. The number of amides is 2. The van der Waals surface area contributed by atoms with Gasteiger partial charge in [0.2, 0.25) is 0 Å². The highest BCUT2D eigenvalue weighted by Crippen LogP contribution is 2.26. The highest BCUT2D eigenvalue weighted by Gasteiger charge is 2.28. The maximum Gasteiger partial charge on any atom is 0.409 e. The molecule has 7 heteroatoms. The molecular formula is C16H22N4O3. The van der Waals surface area contributed by atoms with E-state index in [0.29, 0.717) is 50.2 Å². The Balaban J connectivity index is 1.62. The molecule has 124 valence electrons. The van der Waals surface area contributed by atoms with Gasteiger partial charge in [0.25, 0.3) is 5.91 Å². The summed E-state index contributed by atoms with van der Waals surface area (Å²) in [6.07, 6.45) is 3.64. The fourth-order valence-corrected chi connectivity index (χ4v) is 2.59. The van der Waals surface area contributed by atoms with Crippen molar-refractivity contribution >= 4 is 17.8 Å². The molecule has 1 aliphatic heterocycles. The van der Waals surface area contributed by atoms with Crippen LogP contribution in [0.1, 0.15) is 30.1 Å². The van der Waals surface area contributed by atoms with Gasteiger partial charge in [-0.2, -0.15) is 0 Å². The van der Waals surface area contributed by atoms with Crippen LogP contribution >= 0.6 is 0 Å². The zero-order chi connectivity index (χ0) is 16.2. The molecule has 1 N–H and O–H groups in total. The molecule has 2 amide bonds. The van der Waals surface area contributed by atoms with Crippen LogP contribution in [-0.2, 0) is 4.74 Å². The third-order valence-corrected chi connectivity index (χ3v) is 4.05. The van der Waals surface area contributed by atoms with E-state index in [1.807, 2.05) is 0 Å². The molecule has 2 fully saturated rings. The lowest BCUT2D eigenvalue weighted by Gasteiger charge is -2.34. The number of hydrogen-bond acceptors (Lipinski definition) is 5. The summed E-state index contributed by atoms with van der Waals surface area (Å²) in [5, 5.41) is 3.31. The Morgan fingerprint density at radius 1 is 1.26 bits per heavy atom. The Labute approximate surface area is 135 Å². The predicted octanol–water partition coefficient (Wildman–Crippen LogP) is 1.57. The molecule has 0 aromatic carbocycles. The largest absolute Gasteiger partial charge is 0.450 e. The number of carbonyl (C=O) groups excluding carboxylic acids is 2. The number of aromatic nitrogens is 1. The summed E-state index contributed by atoms with van der Waals surface area (Å²) in [5.74, 6) is 0.623. The Bertz CT molecular complexity index is 580. The van der Waals surface area contributed by atoms with Crippen molar-refractivity contribution in [3.63, 3.8) is 0 Å². The summed E-state index contributed by atoms with van der Waals surface area (Å²) in [4.78, 5) is 32.1. The number of pyridine rings is 1. The Hall–Kier alpha value is -2.31. The molecule has 23 heavy (non-hydrogen) atoms. The number of hydrogen-bond donors (Lipinski definition) is 1. The molecule has 0 atom stereocenters. The quantitative estimate of drug-likeness (QED) is 0.912. The second-order valence-electron chi connectivity index (χ2n) is 5.80. The van der Waals surface area contributed by atoms with Crippen LogP contribution in [0.5, 0.6) is 0 Å². The van der Waals surface area contributed by atoms with Crippen LogP contribution in [-0.4, -0.2) is 65.6 Å². The molecule has 0 unspecified atom stereocenters. The Morgan fingerprint density at radius 2 is 1.96 bits per heavy atom. The SMILES string of the molecule is CCOC(=O)N1CCN(C(=O)c2cccnc2NC2CC2)CC1. The van der Waals surface area contributed by atoms with Crippen molar-refractivity contribution in [3.8, 4) is 0 Å².